The lowest BCUT2D eigenvalue weighted by molar-refractivity contribution is -0.138. The molecule has 2 aromatic rings. The normalized spacial score (nSPS) is 11.2. The molecule has 21 heavy (non-hydrogen) atoms. The van der Waals surface area contributed by atoms with Gasteiger partial charge >= 0.3 is 6.18 Å². The number of pyridine rings is 1. The summed E-state index contributed by atoms with van der Waals surface area (Å²) in [6.45, 7) is 1.41. The van der Waals surface area contributed by atoms with Crippen molar-refractivity contribution in [2.75, 3.05) is 5.32 Å². The summed E-state index contributed by atoms with van der Waals surface area (Å²) in [7, 11) is 0. The number of aromatic nitrogens is 1. The van der Waals surface area contributed by atoms with E-state index in [0.29, 0.717) is 16.9 Å². The SMILES string of the molecule is Cc1ccc(Nc2cnccc2C(N)=S)cc1C(F)(F)F. The predicted octanol–water partition coefficient (Wildman–Crippen LogP) is 3.79. The van der Waals surface area contributed by atoms with Crippen molar-refractivity contribution in [3.05, 3.63) is 53.3 Å². The third kappa shape index (κ3) is 3.49. The molecule has 0 saturated heterocycles. The molecular weight excluding hydrogens is 299 g/mol. The van der Waals surface area contributed by atoms with E-state index in [2.05, 4.69) is 10.3 Å². The highest BCUT2D eigenvalue weighted by atomic mass is 32.1. The number of alkyl halides is 3. The number of hydrogen-bond acceptors (Lipinski definition) is 3. The molecule has 0 aliphatic rings. The van der Waals surface area contributed by atoms with Crippen LogP contribution in [0, 0.1) is 6.92 Å². The standard InChI is InChI=1S/C14H12F3N3S/c1-8-2-3-9(6-11(8)14(15,16)17)20-12-7-19-5-4-10(12)13(18)21/h2-7,20H,1H3,(H2,18,21). The molecule has 0 aliphatic carbocycles. The van der Waals surface area contributed by atoms with Crippen LogP contribution >= 0.6 is 12.2 Å². The number of aryl methyl sites for hydroxylation is 1. The van der Waals surface area contributed by atoms with Gasteiger partial charge in [0.2, 0.25) is 0 Å². The Morgan fingerprint density at radius 3 is 2.62 bits per heavy atom. The molecule has 0 spiro atoms. The van der Waals surface area contributed by atoms with Crippen LogP contribution in [0.1, 0.15) is 16.7 Å². The minimum Gasteiger partial charge on any atom is -0.389 e. The summed E-state index contributed by atoms with van der Waals surface area (Å²) < 4.78 is 38.7. The number of halogens is 3. The van der Waals surface area contributed by atoms with Gasteiger partial charge in [0.1, 0.15) is 4.99 Å². The summed E-state index contributed by atoms with van der Waals surface area (Å²) in [4.78, 5) is 4.05. The Balaban J connectivity index is 2.40. The van der Waals surface area contributed by atoms with Crippen molar-refractivity contribution in [2.24, 2.45) is 5.73 Å². The van der Waals surface area contributed by atoms with Gasteiger partial charge in [-0.25, -0.2) is 0 Å². The number of rotatable bonds is 3. The molecule has 0 unspecified atom stereocenters. The third-order valence-corrected chi connectivity index (χ3v) is 3.13. The van der Waals surface area contributed by atoms with E-state index in [0.717, 1.165) is 6.07 Å². The molecule has 1 aromatic heterocycles. The number of hydrogen-bond donors (Lipinski definition) is 2. The molecule has 7 heteroatoms. The average Bonchev–Trinajstić information content (AvgIpc) is 2.40. The summed E-state index contributed by atoms with van der Waals surface area (Å²) in [5.74, 6) is 0. The van der Waals surface area contributed by atoms with E-state index >= 15 is 0 Å². The summed E-state index contributed by atoms with van der Waals surface area (Å²) in [5.41, 5.74) is 6.32. The lowest BCUT2D eigenvalue weighted by Gasteiger charge is -2.14. The Labute approximate surface area is 125 Å². The van der Waals surface area contributed by atoms with Crippen molar-refractivity contribution >= 4 is 28.6 Å². The lowest BCUT2D eigenvalue weighted by atomic mass is 10.1. The van der Waals surface area contributed by atoms with E-state index in [1.165, 1.54) is 25.4 Å². The van der Waals surface area contributed by atoms with E-state index in [9.17, 15) is 13.2 Å². The van der Waals surface area contributed by atoms with Crippen LogP contribution in [0.3, 0.4) is 0 Å². The quantitative estimate of drug-likeness (QED) is 0.847. The Bertz CT molecular complexity index is 683. The Morgan fingerprint density at radius 1 is 1.29 bits per heavy atom. The molecule has 0 radical (unpaired) electrons. The fourth-order valence-corrected chi connectivity index (χ4v) is 2.05. The number of anilines is 2. The maximum absolute atomic E-state index is 12.9. The molecule has 110 valence electrons. The van der Waals surface area contributed by atoms with Gasteiger partial charge in [0.05, 0.1) is 17.4 Å². The van der Waals surface area contributed by atoms with Gasteiger partial charge < -0.3 is 11.1 Å². The first-order valence-electron chi connectivity index (χ1n) is 5.97. The van der Waals surface area contributed by atoms with E-state index in [4.69, 9.17) is 18.0 Å². The number of nitrogens with two attached hydrogens (primary N) is 1. The van der Waals surface area contributed by atoms with E-state index in [-0.39, 0.29) is 10.6 Å². The second-order valence-corrected chi connectivity index (χ2v) is 4.88. The van der Waals surface area contributed by atoms with Gasteiger partial charge in [0.25, 0.3) is 0 Å². The first-order valence-corrected chi connectivity index (χ1v) is 6.38. The third-order valence-electron chi connectivity index (χ3n) is 2.91. The van der Waals surface area contributed by atoms with E-state index in [1.54, 1.807) is 12.1 Å². The number of benzene rings is 1. The highest BCUT2D eigenvalue weighted by Crippen LogP contribution is 2.34. The molecule has 0 aliphatic heterocycles. The zero-order valence-electron chi connectivity index (χ0n) is 11.0. The van der Waals surface area contributed by atoms with Crippen LogP contribution in [0.4, 0.5) is 24.5 Å². The van der Waals surface area contributed by atoms with Gasteiger partial charge in [-0.15, -0.1) is 0 Å². The molecule has 0 bridgehead atoms. The molecule has 0 amide bonds. The smallest absolute Gasteiger partial charge is 0.389 e. The van der Waals surface area contributed by atoms with Crippen LogP contribution < -0.4 is 11.1 Å². The average molecular weight is 311 g/mol. The largest absolute Gasteiger partial charge is 0.416 e. The molecular formula is C14H12F3N3S. The molecule has 3 N–H and O–H groups in total. The van der Waals surface area contributed by atoms with Gasteiger partial charge in [0.15, 0.2) is 0 Å². The molecule has 3 nitrogen and oxygen atoms in total. The molecule has 1 aromatic carbocycles. The fraction of sp³-hybridized carbons (Fsp3) is 0.143. The number of thiocarbonyl (C=S) groups is 1. The summed E-state index contributed by atoms with van der Waals surface area (Å²) in [6, 6.07) is 5.61. The van der Waals surface area contributed by atoms with Crippen LogP contribution in [0.5, 0.6) is 0 Å². The fourth-order valence-electron chi connectivity index (χ4n) is 1.87. The summed E-state index contributed by atoms with van der Waals surface area (Å²) >= 11 is 4.90. The van der Waals surface area contributed by atoms with Crippen LogP contribution in [-0.2, 0) is 6.18 Å². The van der Waals surface area contributed by atoms with Gasteiger partial charge in [-0.3, -0.25) is 4.98 Å². The number of nitrogens with zero attached hydrogens (tertiary/aromatic N) is 1. The van der Waals surface area contributed by atoms with Crippen LogP contribution in [0.25, 0.3) is 0 Å². The topological polar surface area (TPSA) is 50.9 Å². The van der Waals surface area contributed by atoms with Crippen LogP contribution in [0.15, 0.2) is 36.7 Å². The van der Waals surface area contributed by atoms with Crippen molar-refractivity contribution in [3.8, 4) is 0 Å². The number of nitrogens with one attached hydrogen (secondary N) is 1. The maximum atomic E-state index is 12.9. The van der Waals surface area contributed by atoms with Crippen LogP contribution in [-0.4, -0.2) is 9.97 Å². The van der Waals surface area contributed by atoms with Gasteiger partial charge in [-0.2, -0.15) is 13.2 Å². The van der Waals surface area contributed by atoms with Crippen molar-refractivity contribution in [2.45, 2.75) is 13.1 Å². The molecule has 0 fully saturated rings. The summed E-state index contributed by atoms with van der Waals surface area (Å²) in [5, 5.41) is 2.86. The summed E-state index contributed by atoms with van der Waals surface area (Å²) in [6.07, 6.45) is -1.43. The molecule has 0 atom stereocenters. The molecule has 2 rings (SSSR count). The predicted molar refractivity (Wildman–Crippen MR) is 79.6 cm³/mol. The van der Waals surface area contributed by atoms with Gasteiger partial charge in [-0.1, -0.05) is 18.3 Å². The van der Waals surface area contributed by atoms with Gasteiger partial charge in [-0.05, 0) is 30.7 Å². The van der Waals surface area contributed by atoms with Crippen LogP contribution in [0.2, 0.25) is 0 Å². The Hall–Kier alpha value is -2.15. The van der Waals surface area contributed by atoms with E-state index in [1.807, 2.05) is 0 Å². The molecule has 0 saturated carbocycles. The zero-order valence-corrected chi connectivity index (χ0v) is 11.8. The van der Waals surface area contributed by atoms with Crippen molar-refractivity contribution in [1.82, 2.24) is 4.98 Å². The second-order valence-electron chi connectivity index (χ2n) is 4.44. The monoisotopic (exact) mass is 311 g/mol. The van der Waals surface area contributed by atoms with E-state index < -0.39 is 11.7 Å². The molecule has 1 heterocycles. The second kappa shape index (κ2) is 5.69. The van der Waals surface area contributed by atoms with Crippen molar-refractivity contribution in [3.63, 3.8) is 0 Å². The van der Waals surface area contributed by atoms with Crippen molar-refractivity contribution in [1.29, 1.82) is 0 Å². The lowest BCUT2D eigenvalue weighted by Crippen LogP contribution is -2.12. The zero-order chi connectivity index (χ0) is 15.6. The first kappa shape index (κ1) is 15.2. The highest BCUT2D eigenvalue weighted by molar-refractivity contribution is 7.80. The first-order chi connectivity index (χ1) is 9.79. The Kier molecular flexibility index (Phi) is 4.13. The Morgan fingerprint density at radius 2 is 2.00 bits per heavy atom. The minimum absolute atomic E-state index is 0.142. The van der Waals surface area contributed by atoms with Crippen molar-refractivity contribution < 1.29 is 13.2 Å². The highest BCUT2D eigenvalue weighted by Gasteiger charge is 2.32. The van der Waals surface area contributed by atoms with Gasteiger partial charge in [0, 0.05) is 17.4 Å². The minimum atomic E-state index is -4.40. The maximum Gasteiger partial charge on any atom is 0.416 e.